The van der Waals surface area contributed by atoms with Gasteiger partial charge >= 0.3 is 0 Å². The molecule has 1 aliphatic heterocycles. The Kier molecular flexibility index (Phi) is 5.38. The number of aryl methyl sites for hydroxylation is 1. The molecule has 3 rings (SSSR count). The summed E-state index contributed by atoms with van der Waals surface area (Å²) in [5.74, 6) is -0.110. The highest BCUT2D eigenvalue weighted by molar-refractivity contribution is 7.09. The van der Waals surface area contributed by atoms with Gasteiger partial charge < -0.3 is 15.4 Å². The fraction of sp³-hybridized carbons (Fsp3) is 0.412. The third kappa shape index (κ3) is 4.60. The van der Waals surface area contributed by atoms with Crippen molar-refractivity contribution in [1.29, 1.82) is 0 Å². The lowest BCUT2D eigenvalue weighted by atomic mass is 10.1. The second-order valence-corrected chi connectivity index (χ2v) is 6.70. The molecule has 2 aromatic rings. The first-order chi connectivity index (χ1) is 11.2. The van der Waals surface area contributed by atoms with E-state index >= 15 is 0 Å². The normalized spacial score (nSPS) is 15.5. The summed E-state index contributed by atoms with van der Waals surface area (Å²) >= 11 is 1.63. The number of carbonyl (C=O) groups excluding carboxylic acids is 1. The van der Waals surface area contributed by atoms with Gasteiger partial charge in [0.2, 0.25) is 5.91 Å². The summed E-state index contributed by atoms with van der Waals surface area (Å²) in [4.78, 5) is 16.4. The average molecular weight is 331 g/mol. The van der Waals surface area contributed by atoms with Gasteiger partial charge in [0.25, 0.3) is 0 Å². The lowest BCUT2D eigenvalue weighted by Gasteiger charge is -2.22. The van der Waals surface area contributed by atoms with Crippen molar-refractivity contribution in [2.45, 2.75) is 25.9 Å². The van der Waals surface area contributed by atoms with Gasteiger partial charge in [-0.05, 0) is 45.0 Å². The number of piperidine rings is 1. The van der Waals surface area contributed by atoms with E-state index in [0.717, 1.165) is 47.9 Å². The maximum absolute atomic E-state index is 12.0. The van der Waals surface area contributed by atoms with Crippen molar-refractivity contribution in [2.24, 2.45) is 0 Å². The molecule has 1 amide bonds. The molecule has 23 heavy (non-hydrogen) atoms. The van der Waals surface area contributed by atoms with Gasteiger partial charge in [0, 0.05) is 16.6 Å². The van der Waals surface area contributed by atoms with Crippen LogP contribution in [0.2, 0.25) is 0 Å². The summed E-state index contributed by atoms with van der Waals surface area (Å²) in [5, 5.41) is 9.23. The first-order valence-corrected chi connectivity index (χ1v) is 8.73. The van der Waals surface area contributed by atoms with Crippen LogP contribution in [-0.4, -0.2) is 36.7 Å². The molecule has 0 bridgehead atoms. The van der Waals surface area contributed by atoms with Crippen LogP contribution in [0, 0.1) is 6.92 Å². The van der Waals surface area contributed by atoms with E-state index in [-0.39, 0.29) is 18.6 Å². The van der Waals surface area contributed by atoms with Crippen molar-refractivity contribution in [3.8, 4) is 11.3 Å². The van der Waals surface area contributed by atoms with E-state index in [4.69, 9.17) is 4.74 Å². The molecule has 1 aliphatic rings. The van der Waals surface area contributed by atoms with E-state index in [1.807, 2.05) is 36.6 Å². The van der Waals surface area contributed by atoms with Crippen molar-refractivity contribution in [1.82, 2.24) is 10.3 Å². The molecular weight excluding hydrogens is 310 g/mol. The number of benzene rings is 1. The average Bonchev–Trinajstić information content (AvgIpc) is 3.01. The molecule has 1 saturated heterocycles. The van der Waals surface area contributed by atoms with E-state index in [0.29, 0.717) is 0 Å². The number of thiazole rings is 1. The Morgan fingerprint density at radius 3 is 2.74 bits per heavy atom. The van der Waals surface area contributed by atoms with Crippen molar-refractivity contribution < 1.29 is 9.53 Å². The highest BCUT2D eigenvalue weighted by atomic mass is 32.1. The van der Waals surface area contributed by atoms with E-state index in [2.05, 4.69) is 15.6 Å². The third-order valence-corrected chi connectivity index (χ3v) is 4.59. The Morgan fingerprint density at radius 1 is 1.35 bits per heavy atom. The summed E-state index contributed by atoms with van der Waals surface area (Å²) in [7, 11) is 0. The number of hydrogen-bond acceptors (Lipinski definition) is 5. The summed E-state index contributed by atoms with van der Waals surface area (Å²) < 4.78 is 5.65. The number of rotatable bonds is 5. The quantitative estimate of drug-likeness (QED) is 0.884. The van der Waals surface area contributed by atoms with Gasteiger partial charge in [0.1, 0.15) is 6.61 Å². The van der Waals surface area contributed by atoms with Crippen molar-refractivity contribution in [2.75, 3.05) is 25.0 Å². The summed E-state index contributed by atoms with van der Waals surface area (Å²) in [6.07, 6.45) is 2.13. The Bertz CT molecular complexity index is 648. The van der Waals surface area contributed by atoms with Crippen molar-refractivity contribution in [3.05, 3.63) is 34.7 Å². The lowest BCUT2D eigenvalue weighted by Crippen LogP contribution is -2.34. The molecule has 5 nitrogen and oxygen atoms in total. The van der Waals surface area contributed by atoms with Crippen LogP contribution in [-0.2, 0) is 9.53 Å². The number of nitrogens with one attached hydrogen (secondary N) is 2. The molecule has 2 heterocycles. The summed E-state index contributed by atoms with van der Waals surface area (Å²) in [6, 6.07) is 7.73. The molecule has 0 atom stereocenters. The molecule has 1 fully saturated rings. The van der Waals surface area contributed by atoms with Crippen molar-refractivity contribution in [3.63, 3.8) is 0 Å². The van der Waals surface area contributed by atoms with Crippen LogP contribution in [0.3, 0.4) is 0 Å². The smallest absolute Gasteiger partial charge is 0.250 e. The van der Waals surface area contributed by atoms with Crippen LogP contribution in [0.25, 0.3) is 11.3 Å². The number of nitrogens with zero attached hydrogens (tertiary/aromatic N) is 1. The molecule has 1 aromatic carbocycles. The molecule has 122 valence electrons. The third-order valence-electron chi connectivity index (χ3n) is 3.82. The van der Waals surface area contributed by atoms with Gasteiger partial charge in [-0.3, -0.25) is 4.79 Å². The highest BCUT2D eigenvalue weighted by Gasteiger charge is 2.14. The van der Waals surface area contributed by atoms with Gasteiger partial charge in [-0.25, -0.2) is 4.98 Å². The standard InChI is InChI=1S/C17H21N3O2S/c1-12-19-16(11-23-12)13-2-4-14(5-3-13)20-17(21)10-22-15-6-8-18-9-7-15/h2-5,11,15,18H,6-10H2,1H3,(H,20,21). The first kappa shape index (κ1) is 16.1. The SMILES string of the molecule is Cc1nc(-c2ccc(NC(=O)COC3CCNCC3)cc2)cs1. The molecule has 0 radical (unpaired) electrons. The minimum atomic E-state index is -0.110. The number of carbonyl (C=O) groups is 1. The lowest BCUT2D eigenvalue weighted by molar-refractivity contribution is -0.123. The zero-order chi connectivity index (χ0) is 16.1. The molecule has 2 N–H and O–H groups in total. The number of anilines is 1. The maximum Gasteiger partial charge on any atom is 0.250 e. The van der Waals surface area contributed by atoms with Gasteiger partial charge in [0.05, 0.1) is 16.8 Å². The Morgan fingerprint density at radius 2 is 2.09 bits per heavy atom. The predicted molar refractivity (Wildman–Crippen MR) is 92.8 cm³/mol. The number of amides is 1. The topological polar surface area (TPSA) is 63.2 Å². The van der Waals surface area contributed by atoms with Gasteiger partial charge in [-0.15, -0.1) is 11.3 Å². The Hall–Kier alpha value is -1.76. The van der Waals surface area contributed by atoms with Crippen LogP contribution in [0.15, 0.2) is 29.6 Å². The second-order valence-electron chi connectivity index (χ2n) is 5.64. The van der Waals surface area contributed by atoms with Gasteiger partial charge in [-0.2, -0.15) is 0 Å². The minimum Gasteiger partial charge on any atom is -0.368 e. The predicted octanol–water partition coefficient (Wildman–Crippen LogP) is 2.83. The number of ether oxygens (including phenoxy) is 1. The zero-order valence-electron chi connectivity index (χ0n) is 13.2. The summed E-state index contributed by atoms with van der Waals surface area (Å²) in [6.45, 7) is 4.02. The van der Waals surface area contributed by atoms with E-state index < -0.39 is 0 Å². The van der Waals surface area contributed by atoms with Crippen LogP contribution in [0.1, 0.15) is 17.8 Å². The molecule has 0 aliphatic carbocycles. The Labute approximate surface area is 140 Å². The van der Waals surface area contributed by atoms with Crippen LogP contribution < -0.4 is 10.6 Å². The van der Waals surface area contributed by atoms with E-state index in [9.17, 15) is 4.79 Å². The second kappa shape index (κ2) is 7.68. The fourth-order valence-corrected chi connectivity index (χ4v) is 3.20. The highest BCUT2D eigenvalue weighted by Crippen LogP contribution is 2.23. The van der Waals surface area contributed by atoms with Crippen LogP contribution in [0.4, 0.5) is 5.69 Å². The maximum atomic E-state index is 12.0. The van der Waals surface area contributed by atoms with E-state index in [1.165, 1.54) is 0 Å². The molecule has 0 unspecified atom stereocenters. The first-order valence-electron chi connectivity index (χ1n) is 7.85. The number of hydrogen-bond donors (Lipinski definition) is 2. The van der Waals surface area contributed by atoms with Crippen LogP contribution >= 0.6 is 11.3 Å². The molecule has 6 heteroatoms. The van der Waals surface area contributed by atoms with Gasteiger partial charge in [0.15, 0.2) is 0 Å². The number of aromatic nitrogens is 1. The van der Waals surface area contributed by atoms with E-state index in [1.54, 1.807) is 11.3 Å². The largest absolute Gasteiger partial charge is 0.368 e. The fourth-order valence-electron chi connectivity index (χ4n) is 2.57. The van der Waals surface area contributed by atoms with Crippen molar-refractivity contribution >= 4 is 22.9 Å². The molecule has 1 aromatic heterocycles. The van der Waals surface area contributed by atoms with Crippen LogP contribution in [0.5, 0.6) is 0 Å². The monoisotopic (exact) mass is 331 g/mol. The minimum absolute atomic E-state index is 0.109. The molecule has 0 saturated carbocycles. The summed E-state index contributed by atoms with van der Waals surface area (Å²) in [5.41, 5.74) is 2.80. The molecule has 0 spiro atoms. The van der Waals surface area contributed by atoms with Gasteiger partial charge in [-0.1, -0.05) is 12.1 Å². The molecular formula is C17H21N3O2S. The Balaban J connectivity index is 1.50. The zero-order valence-corrected chi connectivity index (χ0v) is 14.0.